The standard InChI is InChI=1S/C9H15N3O/c1-6-8(11-12-9(6)13)4-7-2-3-10-5-7/h7,10H,2-5H2,1H3,(H2,11,12,13). The van der Waals surface area contributed by atoms with Crippen molar-refractivity contribution < 1.29 is 0 Å². The summed E-state index contributed by atoms with van der Waals surface area (Å²) in [5.74, 6) is 0.685. The summed E-state index contributed by atoms with van der Waals surface area (Å²) in [4.78, 5) is 11.1. The number of hydrogen-bond donors (Lipinski definition) is 3. The molecular formula is C9H15N3O. The fraction of sp³-hybridized carbons (Fsp3) is 0.667. The Morgan fingerprint density at radius 1 is 1.46 bits per heavy atom. The van der Waals surface area contributed by atoms with E-state index in [1.807, 2.05) is 6.92 Å². The monoisotopic (exact) mass is 181 g/mol. The van der Waals surface area contributed by atoms with Crippen molar-refractivity contribution in [1.29, 1.82) is 0 Å². The second kappa shape index (κ2) is 3.38. The van der Waals surface area contributed by atoms with Crippen LogP contribution in [-0.4, -0.2) is 23.3 Å². The Kier molecular flexibility index (Phi) is 2.22. The maximum absolute atomic E-state index is 11.1. The number of aromatic amines is 2. The van der Waals surface area contributed by atoms with Crippen LogP contribution in [0.25, 0.3) is 0 Å². The summed E-state index contributed by atoms with van der Waals surface area (Å²) >= 11 is 0. The molecule has 0 radical (unpaired) electrons. The number of rotatable bonds is 2. The van der Waals surface area contributed by atoms with Gasteiger partial charge in [-0.2, -0.15) is 0 Å². The van der Waals surface area contributed by atoms with Gasteiger partial charge in [0, 0.05) is 11.3 Å². The van der Waals surface area contributed by atoms with E-state index in [4.69, 9.17) is 0 Å². The van der Waals surface area contributed by atoms with Gasteiger partial charge in [-0.15, -0.1) is 0 Å². The van der Waals surface area contributed by atoms with Crippen molar-refractivity contribution in [2.24, 2.45) is 5.92 Å². The number of H-pyrrole nitrogens is 2. The highest BCUT2D eigenvalue weighted by Crippen LogP contribution is 2.14. The molecule has 4 nitrogen and oxygen atoms in total. The molecule has 4 heteroatoms. The molecule has 0 spiro atoms. The highest BCUT2D eigenvalue weighted by atomic mass is 16.1. The Hall–Kier alpha value is -1.03. The van der Waals surface area contributed by atoms with Gasteiger partial charge in [0.2, 0.25) is 0 Å². The minimum absolute atomic E-state index is 0.0148. The van der Waals surface area contributed by atoms with E-state index >= 15 is 0 Å². The molecule has 72 valence electrons. The van der Waals surface area contributed by atoms with Gasteiger partial charge in [0.05, 0.1) is 0 Å². The molecule has 1 fully saturated rings. The van der Waals surface area contributed by atoms with E-state index in [9.17, 15) is 4.79 Å². The zero-order chi connectivity index (χ0) is 9.26. The highest BCUT2D eigenvalue weighted by Gasteiger charge is 2.17. The van der Waals surface area contributed by atoms with E-state index in [1.165, 1.54) is 6.42 Å². The van der Waals surface area contributed by atoms with Gasteiger partial charge in [-0.1, -0.05) is 0 Å². The molecule has 13 heavy (non-hydrogen) atoms. The van der Waals surface area contributed by atoms with Gasteiger partial charge in [0.25, 0.3) is 5.56 Å². The largest absolute Gasteiger partial charge is 0.316 e. The summed E-state index contributed by atoms with van der Waals surface area (Å²) in [5.41, 5.74) is 1.92. The van der Waals surface area contributed by atoms with Gasteiger partial charge in [-0.25, -0.2) is 0 Å². The van der Waals surface area contributed by atoms with Crippen molar-refractivity contribution >= 4 is 0 Å². The predicted molar refractivity (Wildman–Crippen MR) is 50.8 cm³/mol. The molecule has 0 aromatic carbocycles. The lowest BCUT2D eigenvalue weighted by molar-refractivity contribution is 0.569. The summed E-state index contributed by atoms with van der Waals surface area (Å²) in [6.07, 6.45) is 2.20. The molecule has 1 unspecified atom stereocenters. The number of nitrogens with one attached hydrogen (secondary N) is 3. The minimum Gasteiger partial charge on any atom is -0.316 e. The Morgan fingerprint density at radius 3 is 2.85 bits per heavy atom. The van der Waals surface area contributed by atoms with E-state index in [1.54, 1.807) is 0 Å². The molecule has 1 aromatic rings. The van der Waals surface area contributed by atoms with Crippen molar-refractivity contribution in [3.05, 3.63) is 21.6 Å². The van der Waals surface area contributed by atoms with Crippen molar-refractivity contribution in [3.8, 4) is 0 Å². The van der Waals surface area contributed by atoms with Gasteiger partial charge >= 0.3 is 0 Å². The molecule has 1 saturated heterocycles. The zero-order valence-electron chi connectivity index (χ0n) is 7.81. The third-order valence-corrected chi connectivity index (χ3v) is 2.78. The van der Waals surface area contributed by atoms with Gasteiger partial charge in [-0.3, -0.25) is 9.89 Å². The van der Waals surface area contributed by atoms with Crippen molar-refractivity contribution in [3.63, 3.8) is 0 Å². The van der Waals surface area contributed by atoms with Crippen LogP contribution in [0.15, 0.2) is 4.79 Å². The molecule has 1 aromatic heterocycles. The van der Waals surface area contributed by atoms with Crippen LogP contribution < -0.4 is 10.9 Å². The van der Waals surface area contributed by atoms with Crippen LogP contribution in [0.4, 0.5) is 0 Å². The van der Waals surface area contributed by atoms with Gasteiger partial charge in [0.1, 0.15) is 0 Å². The third kappa shape index (κ3) is 1.67. The van der Waals surface area contributed by atoms with Crippen molar-refractivity contribution in [2.45, 2.75) is 19.8 Å². The minimum atomic E-state index is 0.0148. The van der Waals surface area contributed by atoms with Crippen molar-refractivity contribution in [1.82, 2.24) is 15.5 Å². The number of aromatic nitrogens is 2. The quantitative estimate of drug-likeness (QED) is 0.609. The van der Waals surface area contributed by atoms with Crippen LogP contribution in [0, 0.1) is 12.8 Å². The van der Waals surface area contributed by atoms with Crippen LogP contribution in [0.5, 0.6) is 0 Å². The normalized spacial score (nSPS) is 22.4. The first-order valence-electron chi connectivity index (χ1n) is 4.74. The van der Waals surface area contributed by atoms with Crippen LogP contribution in [0.3, 0.4) is 0 Å². The van der Waals surface area contributed by atoms with Crippen LogP contribution in [-0.2, 0) is 6.42 Å². The molecule has 1 atom stereocenters. The van der Waals surface area contributed by atoms with Gasteiger partial charge < -0.3 is 10.4 Å². The summed E-state index contributed by atoms with van der Waals surface area (Å²) in [6.45, 7) is 4.05. The molecule has 0 bridgehead atoms. The molecule has 0 amide bonds. The molecule has 1 aliphatic heterocycles. The maximum atomic E-state index is 11.1. The average molecular weight is 181 g/mol. The molecule has 0 aliphatic carbocycles. The first-order chi connectivity index (χ1) is 6.27. The molecule has 0 saturated carbocycles. The first-order valence-corrected chi connectivity index (χ1v) is 4.74. The Labute approximate surface area is 76.7 Å². The third-order valence-electron chi connectivity index (χ3n) is 2.78. The second-order valence-corrected chi connectivity index (χ2v) is 3.75. The van der Waals surface area contributed by atoms with Crippen LogP contribution in [0.2, 0.25) is 0 Å². The SMILES string of the molecule is Cc1c(CC2CCNC2)[nH][nH]c1=O. The van der Waals surface area contributed by atoms with E-state index in [0.717, 1.165) is 30.8 Å². The summed E-state index contributed by atoms with van der Waals surface area (Å²) in [5, 5.41) is 8.86. The zero-order valence-corrected chi connectivity index (χ0v) is 7.81. The first kappa shape index (κ1) is 8.56. The topological polar surface area (TPSA) is 60.7 Å². The van der Waals surface area contributed by atoms with Gasteiger partial charge in [-0.05, 0) is 38.8 Å². The van der Waals surface area contributed by atoms with E-state index in [-0.39, 0.29) is 5.56 Å². The van der Waals surface area contributed by atoms with Crippen LogP contribution in [0.1, 0.15) is 17.7 Å². The summed E-state index contributed by atoms with van der Waals surface area (Å²) in [6, 6.07) is 0. The lowest BCUT2D eigenvalue weighted by Crippen LogP contribution is -2.11. The second-order valence-electron chi connectivity index (χ2n) is 3.75. The smallest absolute Gasteiger partial charge is 0.267 e. The fourth-order valence-corrected chi connectivity index (χ4v) is 1.84. The molecular weight excluding hydrogens is 166 g/mol. The molecule has 2 heterocycles. The Balaban J connectivity index is 2.08. The maximum Gasteiger partial charge on any atom is 0.267 e. The summed E-state index contributed by atoms with van der Waals surface area (Å²) in [7, 11) is 0. The van der Waals surface area contributed by atoms with E-state index in [2.05, 4.69) is 15.5 Å². The highest BCUT2D eigenvalue weighted by molar-refractivity contribution is 5.14. The molecule has 2 rings (SSSR count). The number of hydrogen-bond acceptors (Lipinski definition) is 2. The Bertz CT molecular complexity index is 333. The van der Waals surface area contributed by atoms with E-state index in [0.29, 0.717) is 5.92 Å². The predicted octanol–water partition coefficient (Wildman–Crippen LogP) is 0.163. The van der Waals surface area contributed by atoms with E-state index < -0.39 is 0 Å². The average Bonchev–Trinajstić information content (AvgIpc) is 2.71. The molecule has 3 N–H and O–H groups in total. The summed E-state index contributed by atoms with van der Waals surface area (Å²) < 4.78 is 0. The van der Waals surface area contributed by atoms with Gasteiger partial charge in [0.15, 0.2) is 0 Å². The lowest BCUT2D eigenvalue weighted by atomic mass is 10.0. The molecule has 1 aliphatic rings. The van der Waals surface area contributed by atoms with Crippen LogP contribution >= 0.6 is 0 Å². The lowest BCUT2D eigenvalue weighted by Gasteiger charge is -2.05. The Morgan fingerprint density at radius 2 is 2.31 bits per heavy atom. The fourth-order valence-electron chi connectivity index (χ4n) is 1.84. The van der Waals surface area contributed by atoms with Crippen molar-refractivity contribution in [2.75, 3.05) is 13.1 Å².